The Hall–Kier alpha value is -2.55. The highest BCUT2D eigenvalue weighted by atomic mass is 15.2. The first-order valence-corrected chi connectivity index (χ1v) is 9.05. The maximum absolute atomic E-state index is 4.32. The first-order chi connectivity index (χ1) is 12.1. The molecule has 0 saturated carbocycles. The molecule has 2 heterocycles. The predicted molar refractivity (Wildman–Crippen MR) is 104 cm³/mol. The number of hydrogen-bond acceptors (Lipinski definition) is 2. The van der Waals surface area contributed by atoms with Gasteiger partial charge < -0.3 is 4.90 Å². The van der Waals surface area contributed by atoms with E-state index in [0.717, 1.165) is 13.0 Å². The van der Waals surface area contributed by atoms with Crippen LogP contribution in [-0.4, -0.2) is 22.4 Å². The van der Waals surface area contributed by atoms with Gasteiger partial charge in [0.15, 0.2) is 0 Å². The Morgan fingerprint density at radius 1 is 1.04 bits per heavy atom. The molecule has 0 fully saturated rings. The molecule has 1 aliphatic heterocycles. The summed E-state index contributed by atoms with van der Waals surface area (Å²) in [6.07, 6.45) is 5.12. The van der Waals surface area contributed by atoms with Gasteiger partial charge in [-0.15, -0.1) is 0 Å². The van der Waals surface area contributed by atoms with Crippen LogP contribution in [0.15, 0.2) is 60.9 Å². The Kier molecular flexibility index (Phi) is 4.08. The molecular formula is C22H25N3. The van der Waals surface area contributed by atoms with Crippen LogP contribution in [0.25, 0.3) is 11.1 Å². The van der Waals surface area contributed by atoms with Gasteiger partial charge >= 0.3 is 0 Å². The molecule has 0 spiro atoms. The van der Waals surface area contributed by atoms with Crippen LogP contribution in [0.1, 0.15) is 30.9 Å². The van der Waals surface area contributed by atoms with Crippen molar-refractivity contribution >= 4 is 5.69 Å². The third kappa shape index (κ3) is 3.07. The van der Waals surface area contributed by atoms with E-state index in [4.69, 9.17) is 0 Å². The van der Waals surface area contributed by atoms with Crippen molar-refractivity contribution in [3.63, 3.8) is 0 Å². The summed E-state index contributed by atoms with van der Waals surface area (Å²) in [6, 6.07) is 18.3. The fourth-order valence-corrected chi connectivity index (χ4v) is 3.88. The number of nitrogens with zero attached hydrogens (tertiary/aromatic N) is 3. The lowest BCUT2D eigenvalue weighted by Crippen LogP contribution is -2.39. The Morgan fingerprint density at radius 3 is 2.52 bits per heavy atom. The van der Waals surface area contributed by atoms with E-state index < -0.39 is 0 Å². The van der Waals surface area contributed by atoms with E-state index in [0.29, 0.717) is 12.0 Å². The van der Waals surface area contributed by atoms with Gasteiger partial charge in [0, 0.05) is 43.0 Å². The largest absolute Gasteiger partial charge is 0.368 e. The van der Waals surface area contributed by atoms with Crippen LogP contribution in [0, 0.1) is 0 Å². The number of benzene rings is 2. The van der Waals surface area contributed by atoms with Crippen molar-refractivity contribution < 1.29 is 0 Å². The molecule has 2 aromatic carbocycles. The molecule has 3 heteroatoms. The topological polar surface area (TPSA) is 21.1 Å². The highest BCUT2D eigenvalue weighted by Crippen LogP contribution is 2.37. The van der Waals surface area contributed by atoms with Gasteiger partial charge in [-0.2, -0.15) is 5.10 Å². The number of aromatic nitrogens is 2. The third-order valence-electron chi connectivity index (χ3n) is 5.20. The summed E-state index contributed by atoms with van der Waals surface area (Å²) in [5.41, 5.74) is 6.70. The molecule has 1 aromatic heterocycles. The van der Waals surface area contributed by atoms with Crippen LogP contribution < -0.4 is 4.90 Å². The molecule has 0 N–H and O–H groups in total. The monoisotopic (exact) mass is 331 g/mol. The van der Waals surface area contributed by atoms with Crippen LogP contribution in [0.3, 0.4) is 0 Å². The Labute approximate surface area is 149 Å². The SMILES string of the molecule is CC(C)N1C[C@@H](c2ccccc2)Cc2cc(-c3cnn(C)c3)ccc21. The van der Waals surface area contributed by atoms with Gasteiger partial charge in [-0.1, -0.05) is 36.4 Å². The minimum absolute atomic E-state index is 0.495. The molecular weight excluding hydrogens is 306 g/mol. The van der Waals surface area contributed by atoms with Gasteiger partial charge in [0.2, 0.25) is 0 Å². The fraction of sp³-hybridized carbons (Fsp3) is 0.318. The van der Waals surface area contributed by atoms with Crippen LogP contribution in [-0.2, 0) is 13.5 Å². The molecule has 0 unspecified atom stereocenters. The molecule has 0 radical (unpaired) electrons. The maximum Gasteiger partial charge on any atom is 0.0568 e. The van der Waals surface area contributed by atoms with Crippen molar-refractivity contribution in [3.05, 3.63) is 72.1 Å². The third-order valence-corrected chi connectivity index (χ3v) is 5.20. The summed E-state index contributed by atoms with van der Waals surface area (Å²) in [7, 11) is 1.97. The van der Waals surface area contributed by atoms with E-state index in [9.17, 15) is 0 Å². The highest BCUT2D eigenvalue weighted by molar-refractivity contribution is 5.69. The van der Waals surface area contributed by atoms with Gasteiger partial charge in [0.25, 0.3) is 0 Å². The Morgan fingerprint density at radius 2 is 1.84 bits per heavy atom. The molecule has 1 atom stereocenters. The molecule has 0 bridgehead atoms. The lowest BCUT2D eigenvalue weighted by molar-refractivity contribution is 0.567. The second-order valence-electron chi connectivity index (χ2n) is 7.30. The van der Waals surface area contributed by atoms with Gasteiger partial charge in [-0.3, -0.25) is 4.68 Å². The summed E-state index contributed by atoms with van der Waals surface area (Å²) in [4.78, 5) is 2.55. The molecule has 0 saturated heterocycles. The van der Waals surface area contributed by atoms with Crippen LogP contribution in [0.2, 0.25) is 0 Å². The van der Waals surface area contributed by atoms with Crippen LogP contribution in [0.4, 0.5) is 5.69 Å². The van der Waals surface area contributed by atoms with Crippen LogP contribution in [0.5, 0.6) is 0 Å². The fourth-order valence-electron chi connectivity index (χ4n) is 3.88. The van der Waals surface area contributed by atoms with Crippen molar-refractivity contribution in [2.75, 3.05) is 11.4 Å². The summed E-state index contributed by atoms with van der Waals surface area (Å²) in [5.74, 6) is 0.542. The second-order valence-corrected chi connectivity index (χ2v) is 7.30. The van der Waals surface area contributed by atoms with Crippen molar-refractivity contribution in [2.24, 2.45) is 7.05 Å². The minimum Gasteiger partial charge on any atom is -0.368 e. The lowest BCUT2D eigenvalue weighted by atomic mass is 9.85. The average Bonchev–Trinajstić information content (AvgIpc) is 3.07. The van der Waals surface area contributed by atoms with Crippen molar-refractivity contribution in [1.82, 2.24) is 9.78 Å². The van der Waals surface area contributed by atoms with Crippen molar-refractivity contribution in [2.45, 2.75) is 32.2 Å². The number of hydrogen-bond donors (Lipinski definition) is 0. The number of fused-ring (bicyclic) bond motifs is 1. The van der Waals surface area contributed by atoms with E-state index >= 15 is 0 Å². The van der Waals surface area contributed by atoms with E-state index in [2.05, 4.69) is 78.6 Å². The molecule has 4 rings (SSSR count). The molecule has 0 aliphatic carbocycles. The van der Waals surface area contributed by atoms with E-state index in [1.54, 1.807) is 0 Å². The van der Waals surface area contributed by atoms with Crippen LogP contribution >= 0.6 is 0 Å². The number of rotatable bonds is 3. The Bertz CT molecular complexity index is 864. The standard InChI is InChI=1S/C22H25N3/c1-16(2)25-15-20(17-7-5-4-6-8-17)12-19-11-18(9-10-22(19)25)21-13-23-24(3)14-21/h4-11,13-14,16,20H,12,15H2,1-3H3/t20-/m0/s1. The summed E-state index contributed by atoms with van der Waals surface area (Å²) in [5, 5.41) is 4.32. The van der Waals surface area contributed by atoms with Gasteiger partial charge in [0.1, 0.15) is 0 Å². The number of aryl methyl sites for hydroxylation is 1. The predicted octanol–water partition coefficient (Wildman–Crippen LogP) is 4.64. The molecule has 3 nitrogen and oxygen atoms in total. The number of anilines is 1. The second kappa shape index (κ2) is 6.40. The molecule has 0 amide bonds. The Balaban J connectivity index is 1.74. The summed E-state index contributed by atoms with van der Waals surface area (Å²) >= 11 is 0. The highest BCUT2D eigenvalue weighted by Gasteiger charge is 2.27. The van der Waals surface area contributed by atoms with Gasteiger partial charge in [-0.05, 0) is 49.1 Å². The smallest absolute Gasteiger partial charge is 0.0568 e. The van der Waals surface area contributed by atoms with Gasteiger partial charge in [-0.25, -0.2) is 0 Å². The normalized spacial score (nSPS) is 17.0. The zero-order valence-corrected chi connectivity index (χ0v) is 15.2. The van der Waals surface area contributed by atoms with Gasteiger partial charge in [0.05, 0.1) is 6.20 Å². The van der Waals surface area contributed by atoms with E-state index in [-0.39, 0.29) is 0 Å². The average molecular weight is 331 g/mol. The van der Waals surface area contributed by atoms with E-state index in [1.807, 2.05) is 17.9 Å². The molecule has 25 heavy (non-hydrogen) atoms. The quantitative estimate of drug-likeness (QED) is 0.697. The van der Waals surface area contributed by atoms with Crippen molar-refractivity contribution in [3.8, 4) is 11.1 Å². The molecule has 128 valence electrons. The molecule has 1 aliphatic rings. The minimum atomic E-state index is 0.495. The molecule has 3 aromatic rings. The lowest BCUT2D eigenvalue weighted by Gasteiger charge is -2.39. The summed E-state index contributed by atoms with van der Waals surface area (Å²) < 4.78 is 1.86. The zero-order chi connectivity index (χ0) is 17.4. The van der Waals surface area contributed by atoms with E-state index in [1.165, 1.54) is 27.9 Å². The zero-order valence-electron chi connectivity index (χ0n) is 15.2. The first kappa shape index (κ1) is 15.9. The maximum atomic E-state index is 4.32. The first-order valence-electron chi connectivity index (χ1n) is 9.05. The van der Waals surface area contributed by atoms with Crippen molar-refractivity contribution in [1.29, 1.82) is 0 Å². The summed E-state index contributed by atoms with van der Waals surface area (Å²) in [6.45, 7) is 5.65.